The number of urea groups is 1. The van der Waals surface area contributed by atoms with Crippen LogP contribution in [-0.4, -0.2) is 36.1 Å². The van der Waals surface area contributed by atoms with E-state index < -0.39 is 33.4 Å². The molecule has 1 aliphatic rings. The van der Waals surface area contributed by atoms with E-state index in [1.165, 1.54) is 24.3 Å². The second-order valence-corrected chi connectivity index (χ2v) is 7.10. The van der Waals surface area contributed by atoms with E-state index in [2.05, 4.69) is 0 Å². The van der Waals surface area contributed by atoms with Crippen LogP contribution in [0.3, 0.4) is 0 Å². The van der Waals surface area contributed by atoms with Gasteiger partial charge in [-0.3, -0.25) is 20.2 Å². The van der Waals surface area contributed by atoms with Gasteiger partial charge < -0.3 is 0 Å². The van der Waals surface area contributed by atoms with Crippen molar-refractivity contribution >= 4 is 38.4 Å². The predicted octanol–water partition coefficient (Wildman–Crippen LogP) is 1.30. The van der Waals surface area contributed by atoms with Crippen LogP contribution in [0.2, 0.25) is 0 Å². The third-order valence-corrected chi connectivity index (χ3v) is 5.42. The molecule has 2 aromatic carbocycles. The number of hydrogen-bond donors (Lipinski definition) is 1. The molecule has 1 fully saturated rings. The van der Waals surface area contributed by atoms with Crippen molar-refractivity contribution in [2.45, 2.75) is 11.8 Å². The fourth-order valence-corrected chi connectivity index (χ4v) is 3.87. The van der Waals surface area contributed by atoms with Crippen molar-refractivity contribution < 1.29 is 22.9 Å². The molecule has 0 aromatic heterocycles. The minimum absolute atomic E-state index is 0.106. The number of benzene rings is 2. The Morgan fingerprint density at radius 1 is 1.21 bits per heavy atom. The number of sulfonamides is 1. The average molecular weight is 349 g/mol. The van der Waals surface area contributed by atoms with E-state index in [4.69, 9.17) is 0 Å². The summed E-state index contributed by atoms with van der Waals surface area (Å²) in [6.45, 7) is 0.996. The molecular formula is C14H11N3O6S. The Labute approximate surface area is 136 Å². The van der Waals surface area contributed by atoms with Crippen molar-refractivity contribution in [1.29, 1.82) is 0 Å². The minimum Gasteiger partial charge on any atom is -0.275 e. The van der Waals surface area contributed by atoms with Crippen molar-refractivity contribution in [1.82, 2.24) is 9.62 Å². The largest absolute Gasteiger partial charge is 0.338 e. The molecule has 0 spiro atoms. The SMILES string of the molecule is Cc1ccc2cc(S(=O)(=O)N3CC(=O)NC3=O)ccc2c1[N+](=O)[O-]. The summed E-state index contributed by atoms with van der Waals surface area (Å²) in [5, 5.41) is 13.7. The molecule has 24 heavy (non-hydrogen) atoms. The maximum Gasteiger partial charge on any atom is 0.338 e. The van der Waals surface area contributed by atoms with Gasteiger partial charge in [0.2, 0.25) is 5.91 Å². The van der Waals surface area contributed by atoms with Crippen LogP contribution in [0.15, 0.2) is 35.2 Å². The van der Waals surface area contributed by atoms with E-state index in [0.717, 1.165) is 0 Å². The number of rotatable bonds is 3. The van der Waals surface area contributed by atoms with E-state index in [1.807, 2.05) is 5.32 Å². The number of amides is 3. The Balaban J connectivity index is 2.15. The maximum absolute atomic E-state index is 12.5. The highest BCUT2D eigenvalue weighted by Crippen LogP contribution is 2.31. The van der Waals surface area contributed by atoms with Gasteiger partial charge in [-0.25, -0.2) is 17.5 Å². The summed E-state index contributed by atoms with van der Waals surface area (Å²) >= 11 is 0. The van der Waals surface area contributed by atoms with Gasteiger partial charge in [0.05, 0.1) is 15.2 Å². The zero-order valence-corrected chi connectivity index (χ0v) is 13.2. The lowest BCUT2D eigenvalue weighted by molar-refractivity contribution is -0.383. The summed E-state index contributed by atoms with van der Waals surface area (Å²) in [5.41, 5.74) is 0.346. The number of carbonyl (C=O) groups excluding carboxylic acids is 2. The van der Waals surface area contributed by atoms with E-state index in [0.29, 0.717) is 20.6 Å². The summed E-state index contributed by atoms with van der Waals surface area (Å²) in [6.07, 6.45) is 0. The quantitative estimate of drug-likeness (QED) is 0.505. The van der Waals surface area contributed by atoms with Crippen molar-refractivity contribution in [2.75, 3.05) is 6.54 Å². The van der Waals surface area contributed by atoms with E-state index in [9.17, 15) is 28.1 Å². The lowest BCUT2D eigenvalue weighted by atomic mass is 10.1. The second-order valence-electron chi connectivity index (χ2n) is 5.24. The average Bonchev–Trinajstić information content (AvgIpc) is 2.85. The first-order valence-corrected chi connectivity index (χ1v) is 8.20. The molecule has 3 amide bonds. The maximum atomic E-state index is 12.5. The van der Waals surface area contributed by atoms with Gasteiger partial charge in [-0.05, 0) is 30.5 Å². The molecule has 0 saturated carbocycles. The van der Waals surface area contributed by atoms with Gasteiger partial charge in [-0.2, -0.15) is 0 Å². The van der Waals surface area contributed by atoms with Gasteiger partial charge in [0.25, 0.3) is 15.7 Å². The second kappa shape index (κ2) is 5.27. The standard InChI is InChI=1S/C14H11N3O6S/c1-8-2-3-9-6-10(4-5-11(9)13(8)17(20)21)24(22,23)16-7-12(18)15-14(16)19/h2-6H,7H2,1H3,(H,15,18,19). The predicted molar refractivity (Wildman–Crippen MR) is 82.8 cm³/mol. The van der Waals surface area contributed by atoms with Gasteiger partial charge in [0, 0.05) is 5.56 Å². The van der Waals surface area contributed by atoms with Crippen molar-refractivity contribution in [3.8, 4) is 0 Å². The number of nitrogens with zero attached hydrogens (tertiary/aromatic N) is 2. The van der Waals surface area contributed by atoms with Gasteiger partial charge in [-0.15, -0.1) is 0 Å². The molecule has 1 heterocycles. The first-order chi connectivity index (χ1) is 11.2. The highest BCUT2D eigenvalue weighted by molar-refractivity contribution is 7.89. The molecule has 2 aromatic rings. The Morgan fingerprint density at radius 3 is 2.50 bits per heavy atom. The van der Waals surface area contributed by atoms with Crippen LogP contribution in [0.1, 0.15) is 5.56 Å². The van der Waals surface area contributed by atoms with Gasteiger partial charge in [-0.1, -0.05) is 12.1 Å². The molecular weight excluding hydrogens is 338 g/mol. The van der Waals surface area contributed by atoms with Crippen LogP contribution >= 0.6 is 0 Å². The zero-order valence-electron chi connectivity index (χ0n) is 12.3. The molecule has 10 heteroatoms. The van der Waals surface area contributed by atoms with E-state index in [-0.39, 0.29) is 10.6 Å². The van der Waals surface area contributed by atoms with Crippen molar-refractivity contribution in [3.05, 3.63) is 46.0 Å². The lowest BCUT2D eigenvalue weighted by Gasteiger charge is -2.14. The van der Waals surface area contributed by atoms with Crippen LogP contribution < -0.4 is 5.32 Å². The number of carbonyl (C=O) groups is 2. The fraction of sp³-hybridized carbons (Fsp3) is 0.143. The topological polar surface area (TPSA) is 127 Å². The molecule has 0 aliphatic carbocycles. The van der Waals surface area contributed by atoms with Gasteiger partial charge >= 0.3 is 6.03 Å². The fourth-order valence-electron chi connectivity index (χ4n) is 2.55. The van der Waals surface area contributed by atoms with Gasteiger partial charge in [0.1, 0.15) is 6.54 Å². The van der Waals surface area contributed by atoms with Crippen LogP contribution in [0.25, 0.3) is 10.8 Å². The molecule has 0 bridgehead atoms. The summed E-state index contributed by atoms with van der Waals surface area (Å²) < 4.78 is 25.4. The lowest BCUT2D eigenvalue weighted by Crippen LogP contribution is -2.34. The van der Waals surface area contributed by atoms with Crippen LogP contribution in [0.4, 0.5) is 10.5 Å². The number of imide groups is 1. The zero-order chi connectivity index (χ0) is 17.6. The Hall–Kier alpha value is -3.01. The number of nitro groups is 1. The number of aryl methyl sites for hydroxylation is 1. The van der Waals surface area contributed by atoms with Crippen LogP contribution in [0, 0.1) is 17.0 Å². The summed E-state index contributed by atoms with van der Waals surface area (Å²) in [7, 11) is -4.22. The molecule has 1 N–H and O–H groups in total. The number of hydrogen-bond acceptors (Lipinski definition) is 6. The highest BCUT2D eigenvalue weighted by atomic mass is 32.2. The molecule has 0 unspecified atom stereocenters. The Morgan fingerprint density at radius 2 is 1.92 bits per heavy atom. The summed E-state index contributed by atoms with van der Waals surface area (Å²) in [5.74, 6) is -0.712. The summed E-state index contributed by atoms with van der Waals surface area (Å²) in [6, 6.07) is 5.81. The molecule has 3 rings (SSSR count). The normalized spacial score (nSPS) is 15.0. The number of nitrogens with one attached hydrogen (secondary N) is 1. The smallest absolute Gasteiger partial charge is 0.275 e. The highest BCUT2D eigenvalue weighted by Gasteiger charge is 2.37. The molecule has 124 valence electrons. The van der Waals surface area contributed by atoms with Crippen LogP contribution in [0.5, 0.6) is 0 Å². The van der Waals surface area contributed by atoms with Gasteiger partial charge in [0.15, 0.2) is 0 Å². The minimum atomic E-state index is -4.22. The Kier molecular flexibility index (Phi) is 3.48. The van der Waals surface area contributed by atoms with Crippen LogP contribution in [-0.2, 0) is 14.8 Å². The molecule has 0 atom stereocenters. The third-order valence-electron chi connectivity index (χ3n) is 3.70. The van der Waals surface area contributed by atoms with E-state index in [1.54, 1.807) is 13.0 Å². The monoisotopic (exact) mass is 349 g/mol. The van der Waals surface area contributed by atoms with Crippen molar-refractivity contribution in [3.63, 3.8) is 0 Å². The number of nitro benzene ring substituents is 1. The summed E-state index contributed by atoms with van der Waals surface area (Å²) in [4.78, 5) is 33.2. The first kappa shape index (κ1) is 15.9. The number of fused-ring (bicyclic) bond motifs is 1. The van der Waals surface area contributed by atoms with E-state index >= 15 is 0 Å². The third kappa shape index (κ3) is 2.36. The molecule has 1 aliphatic heterocycles. The Bertz CT molecular complexity index is 1010. The molecule has 1 saturated heterocycles. The molecule has 9 nitrogen and oxygen atoms in total. The first-order valence-electron chi connectivity index (χ1n) is 6.76. The van der Waals surface area contributed by atoms with Crippen molar-refractivity contribution in [2.24, 2.45) is 0 Å². The molecule has 0 radical (unpaired) electrons.